The molecule has 0 amide bonds. The van der Waals surface area contributed by atoms with Gasteiger partial charge in [0, 0.05) is 11.8 Å². The van der Waals surface area contributed by atoms with E-state index in [4.69, 9.17) is 0 Å². The Hall–Kier alpha value is -3.20. The molecule has 57 heavy (non-hydrogen) atoms. The minimum Gasteiger partial charge on any atom is -0.513 e. The molecular formula is C54H82O3. The van der Waals surface area contributed by atoms with Gasteiger partial charge in [-0.3, -0.25) is 0 Å². The van der Waals surface area contributed by atoms with Gasteiger partial charge in [0.15, 0.2) is 0 Å². The SMILES string of the molecule is Cc1c(Cc2ccc(O)cc2)c(C)c(CC2C(C(C)(C)C)(C(C)(C)C)C=C(O)CC2(C(C)(C)C)C(C)(C)C)c(C)c1Cc1c(C(C)(C)C)cc(O)cc1C(C)(C)C. The summed E-state index contributed by atoms with van der Waals surface area (Å²) in [5, 5.41) is 33.5. The average molecular weight is 779 g/mol. The van der Waals surface area contributed by atoms with E-state index in [-0.39, 0.29) is 55.0 Å². The minimum absolute atomic E-state index is 0.140. The zero-order valence-electron chi connectivity index (χ0n) is 40.3. The maximum absolute atomic E-state index is 12.1. The van der Waals surface area contributed by atoms with Gasteiger partial charge in [-0.25, -0.2) is 0 Å². The van der Waals surface area contributed by atoms with Crippen molar-refractivity contribution < 1.29 is 15.3 Å². The van der Waals surface area contributed by atoms with Gasteiger partial charge in [0.05, 0.1) is 5.76 Å². The van der Waals surface area contributed by atoms with Gasteiger partial charge in [-0.15, -0.1) is 0 Å². The quantitative estimate of drug-likeness (QED) is 0.234. The molecule has 1 aliphatic rings. The molecule has 0 spiro atoms. The van der Waals surface area contributed by atoms with Crippen LogP contribution in [0.3, 0.4) is 0 Å². The molecule has 4 rings (SSSR count). The van der Waals surface area contributed by atoms with Crippen LogP contribution in [0.1, 0.15) is 187 Å². The molecule has 3 aromatic carbocycles. The third-order valence-corrected chi connectivity index (χ3v) is 14.8. The molecule has 3 N–H and O–H groups in total. The molecule has 3 nitrogen and oxygen atoms in total. The van der Waals surface area contributed by atoms with Crippen molar-refractivity contribution in [3.05, 3.63) is 104 Å². The molecule has 0 aliphatic heterocycles. The smallest absolute Gasteiger partial charge is 0.116 e. The monoisotopic (exact) mass is 779 g/mol. The van der Waals surface area contributed by atoms with Crippen molar-refractivity contribution in [2.24, 2.45) is 38.4 Å². The zero-order valence-corrected chi connectivity index (χ0v) is 40.3. The molecule has 316 valence electrons. The molecule has 0 radical (unpaired) electrons. The van der Waals surface area contributed by atoms with Crippen molar-refractivity contribution in [1.29, 1.82) is 0 Å². The van der Waals surface area contributed by atoms with Gasteiger partial charge in [-0.2, -0.15) is 0 Å². The first-order valence-electron chi connectivity index (χ1n) is 21.7. The maximum Gasteiger partial charge on any atom is 0.116 e. The third kappa shape index (κ3) is 8.21. The molecule has 3 aromatic rings. The van der Waals surface area contributed by atoms with Crippen LogP contribution in [0, 0.1) is 59.2 Å². The molecule has 1 atom stereocenters. The predicted octanol–water partition coefficient (Wildman–Crippen LogP) is 15.0. The second kappa shape index (κ2) is 14.8. The van der Waals surface area contributed by atoms with Crippen LogP contribution in [0.25, 0.3) is 0 Å². The number of allylic oxidation sites excluding steroid dienone is 2. The van der Waals surface area contributed by atoms with Crippen LogP contribution in [0.15, 0.2) is 48.2 Å². The first-order chi connectivity index (χ1) is 25.5. The number of phenolic OH excluding ortho intramolecular Hbond substituents is 2. The lowest BCUT2D eigenvalue weighted by Crippen LogP contribution is -2.65. The van der Waals surface area contributed by atoms with Gasteiger partial charge in [0.2, 0.25) is 0 Å². The summed E-state index contributed by atoms with van der Waals surface area (Å²) < 4.78 is 0. The highest BCUT2D eigenvalue weighted by molar-refractivity contribution is 5.57. The standard InChI is InChI=1S/C54H82O3/c1-33-40(26-36-22-24-37(55)25-23-36)34(2)42(35(3)41(33)29-43-44(47(4,5)6)27-38(56)28-45(43)48(7,8)9)30-46-53(49(10,11)12,50(13,14)15)31-39(57)32-54(46,51(16,17)18)52(19,20)21/h22-25,27-28,31,46,55-57H,26,29-30,32H2,1-21H3. The van der Waals surface area contributed by atoms with Gasteiger partial charge in [0.1, 0.15) is 11.5 Å². The number of aliphatic hydroxyl groups excluding tert-OH is 1. The molecule has 1 unspecified atom stereocenters. The van der Waals surface area contributed by atoms with E-state index in [0.29, 0.717) is 17.9 Å². The normalized spacial score (nSPS) is 18.1. The fourth-order valence-electron chi connectivity index (χ4n) is 12.5. The maximum atomic E-state index is 12.1. The number of phenols is 2. The van der Waals surface area contributed by atoms with Crippen molar-refractivity contribution in [2.45, 2.75) is 182 Å². The highest BCUT2D eigenvalue weighted by Gasteiger charge is 2.68. The van der Waals surface area contributed by atoms with Crippen LogP contribution >= 0.6 is 0 Å². The first kappa shape index (κ1) is 46.5. The summed E-state index contributed by atoms with van der Waals surface area (Å²) in [7, 11) is 0. The molecule has 0 aromatic heterocycles. The largest absolute Gasteiger partial charge is 0.513 e. The molecule has 0 fully saturated rings. The summed E-state index contributed by atoms with van der Waals surface area (Å²) in [4.78, 5) is 0. The van der Waals surface area contributed by atoms with Crippen LogP contribution in [0.2, 0.25) is 0 Å². The molecule has 1 aliphatic carbocycles. The highest BCUT2D eigenvalue weighted by atomic mass is 16.3. The van der Waals surface area contributed by atoms with Gasteiger partial charge >= 0.3 is 0 Å². The summed E-state index contributed by atoms with van der Waals surface area (Å²) in [6.45, 7) is 49.6. The van der Waals surface area contributed by atoms with Crippen LogP contribution in [0.5, 0.6) is 11.5 Å². The van der Waals surface area contributed by atoms with E-state index in [2.05, 4.69) is 164 Å². The topological polar surface area (TPSA) is 60.7 Å². The lowest BCUT2D eigenvalue weighted by atomic mass is 9.34. The summed E-state index contributed by atoms with van der Waals surface area (Å²) in [5.74, 6) is 1.32. The van der Waals surface area contributed by atoms with Crippen molar-refractivity contribution in [3.8, 4) is 11.5 Å². The summed E-state index contributed by atoms with van der Waals surface area (Å²) in [6.07, 6.45) is 5.38. The molecule has 0 saturated carbocycles. The van der Waals surface area contributed by atoms with Crippen LogP contribution in [0.4, 0.5) is 0 Å². The Labute approximate surface area is 349 Å². The second-order valence-corrected chi connectivity index (χ2v) is 24.3. The van der Waals surface area contributed by atoms with Crippen molar-refractivity contribution in [2.75, 3.05) is 0 Å². The Morgan fingerprint density at radius 2 is 0.912 bits per heavy atom. The van der Waals surface area contributed by atoms with E-state index in [9.17, 15) is 15.3 Å². The van der Waals surface area contributed by atoms with E-state index in [1.165, 1.54) is 55.6 Å². The number of hydrogen-bond acceptors (Lipinski definition) is 3. The molecule has 0 bridgehead atoms. The Kier molecular flexibility index (Phi) is 12.1. The summed E-state index contributed by atoms with van der Waals surface area (Å²) >= 11 is 0. The fraction of sp³-hybridized carbons (Fsp3) is 0.630. The zero-order chi connectivity index (χ0) is 43.9. The lowest BCUT2D eigenvalue weighted by molar-refractivity contribution is -0.191. The lowest BCUT2D eigenvalue weighted by Gasteiger charge is -2.70. The predicted molar refractivity (Wildman–Crippen MR) is 245 cm³/mol. The van der Waals surface area contributed by atoms with Crippen molar-refractivity contribution in [3.63, 3.8) is 0 Å². The van der Waals surface area contributed by atoms with Gasteiger partial charge in [-0.05, 0) is 170 Å². The van der Waals surface area contributed by atoms with E-state index in [0.717, 1.165) is 19.3 Å². The van der Waals surface area contributed by atoms with Crippen LogP contribution in [-0.4, -0.2) is 15.3 Å². The number of rotatable bonds is 6. The molecule has 0 heterocycles. The van der Waals surface area contributed by atoms with Crippen molar-refractivity contribution >= 4 is 0 Å². The molecular weight excluding hydrogens is 697 g/mol. The molecule has 0 saturated heterocycles. The van der Waals surface area contributed by atoms with E-state index >= 15 is 0 Å². The third-order valence-electron chi connectivity index (χ3n) is 14.8. The number of benzene rings is 3. The van der Waals surface area contributed by atoms with E-state index < -0.39 is 0 Å². The number of aliphatic hydroxyl groups is 1. The Bertz CT molecular complexity index is 1910. The van der Waals surface area contributed by atoms with Gasteiger partial charge < -0.3 is 15.3 Å². The van der Waals surface area contributed by atoms with Crippen molar-refractivity contribution in [1.82, 2.24) is 0 Å². The highest BCUT2D eigenvalue weighted by Crippen LogP contribution is 2.73. The Balaban J connectivity index is 2.23. The number of hydrogen-bond donors (Lipinski definition) is 3. The first-order valence-corrected chi connectivity index (χ1v) is 21.7. The molecule has 3 heteroatoms. The second-order valence-electron chi connectivity index (χ2n) is 24.3. The summed E-state index contributed by atoms with van der Waals surface area (Å²) in [5.41, 5.74) is 11.5. The van der Waals surface area contributed by atoms with Gasteiger partial charge in [0.25, 0.3) is 0 Å². The van der Waals surface area contributed by atoms with E-state index in [1.54, 1.807) is 12.1 Å². The number of aromatic hydroxyl groups is 2. The average Bonchev–Trinajstić information content (AvgIpc) is 3.01. The minimum atomic E-state index is -0.361. The van der Waals surface area contributed by atoms with Gasteiger partial charge in [-0.1, -0.05) is 137 Å². The summed E-state index contributed by atoms with van der Waals surface area (Å²) in [6, 6.07) is 11.7. The van der Waals surface area contributed by atoms with Crippen LogP contribution < -0.4 is 0 Å². The van der Waals surface area contributed by atoms with E-state index in [1.807, 2.05) is 12.1 Å². The van der Waals surface area contributed by atoms with Crippen LogP contribution in [-0.2, 0) is 30.1 Å². The fourth-order valence-corrected chi connectivity index (χ4v) is 12.5. The Morgan fingerprint density at radius 1 is 0.509 bits per heavy atom. The Morgan fingerprint density at radius 3 is 1.30 bits per heavy atom.